The van der Waals surface area contributed by atoms with Crippen LogP contribution in [0.2, 0.25) is 0 Å². The molecular formula is C35H42N4O8S. The lowest BCUT2D eigenvalue weighted by Gasteiger charge is -2.39. The molecule has 5 rings (SSSR count). The fraction of sp³-hybridized carbons (Fsp3) is 0.429. The molecule has 3 aromatic carbocycles. The van der Waals surface area contributed by atoms with Crippen molar-refractivity contribution in [2.24, 2.45) is 11.8 Å². The second-order valence-corrected chi connectivity index (χ2v) is 14.6. The van der Waals surface area contributed by atoms with Gasteiger partial charge in [-0.2, -0.15) is 9.57 Å². The minimum Gasteiger partial charge on any atom is -0.489 e. The van der Waals surface area contributed by atoms with E-state index in [1.54, 1.807) is 42.5 Å². The minimum atomic E-state index is -4.06. The van der Waals surface area contributed by atoms with E-state index in [1.165, 1.54) is 33.5 Å². The number of hydrogen-bond donors (Lipinski definition) is 3. The van der Waals surface area contributed by atoms with Crippen LogP contribution < -0.4 is 10.5 Å². The summed E-state index contributed by atoms with van der Waals surface area (Å²) >= 11 is 0. The highest BCUT2D eigenvalue weighted by atomic mass is 32.2. The van der Waals surface area contributed by atoms with E-state index in [4.69, 9.17) is 25.2 Å². The largest absolute Gasteiger partial charge is 0.489 e. The maximum absolute atomic E-state index is 13.8. The topological polar surface area (TPSA) is 176 Å². The molecule has 2 heterocycles. The third-order valence-electron chi connectivity index (χ3n) is 8.70. The van der Waals surface area contributed by atoms with Crippen molar-refractivity contribution < 1.29 is 37.6 Å². The van der Waals surface area contributed by atoms with Gasteiger partial charge in [-0.25, -0.2) is 13.2 Å². The SMILES string of the molecule is CC(C)CN(C[C@@H](O)[C@H](Cc1ccc(OCc2cccc(C#N)c2)cc1)N(C(=O)O)[C@@H]1CO[C@H]2OCC[C@H]21)S(=O)(=O)c1ccc(N)cc1. The van der Waals surface area contributed by atoms with Crippen molar-refractivity contribution in [3.8, 4) is 11.8 Å². The Balaban J connectivity index is 1.41. The molecule has 0 radical (unpaired) electrons. The Kier molecular flexibility index (Phi) is 11.2. The van der Waals surface area contributed by atoms with Gasteiger partial charge in [0, 0.05) is 24.7 Å². The van der Waals surface area contributed by atoms with Crippen molar-refractivity contribution in [2.75, 3.05) is 32.0 Å². The number of benzene rings is 3. The molecule has 0 bridgehead atoms. The first-order chi connectivity index (χ1) is 23.0. The molecule has 1 amide bonds. The van der Waals surface area contributed by atoms with Gasteiger partial charge in [-0.3, -0.25) is 4.90 Å². The molecule has 0 aromatic heterocycles. The number of amides is 1. The zero-order valence-corrected chi connectivity index (χ0v) is 27.8. The molecule has 2 aliphatic heterocycles. The predicted molar refractivity (Wildman–Crippen MR) is 177 cm³/mol. The fourth-order valence-corrected chi connectivity index (χ4v) is 7.96. The van der Waals surface area contributed by atoms with Crippen molar-refractivity contribution in [1.29, 1.82) is 5.26 Å². The lowest BCUT2D eigenvalue weighted by Crippen LogP contribution is -2.57. The first-order valence-electron chi connectivity index (χ1n) is 15.9. The van der Waals surface area contributed by atoms with E-state index in [2.05, 4.69) is 6.07 Å². The van der Waals surface area contributed by atoms with Gasteiger partial charge < -0.3 is 30.2 Å². The van der Waals surface area contributed by atoms with Crippen LogP contribution in [-0.4, -0.2) is 84.7 Å². The number of aliphatic hydroxyl groups is 1. The molecule has 0 unspecified atom stereocenters. The number of hydrogen-bond acceptors (Lipinski definition) is 9. The number of aliphatic hydroxyl groups excluding tert-OH is 1. The zero-order chi connectivity index (χ0) is 34.4. The van der Waals surface area contributed by atoms with Crippen LogP contribution in [0.15, 0.2) is 77.7 Å². The summed E-state index contributed by atoms with van der Waals surface area (Å²) in [4.78, 5) is 14.2. The summed E-state index contributed by atoms with van der Waals surface area (Å²) in [6.07, 6.45) is -2.45. The summed E-state index contributed by atoms with van der Waals surface area (Å²) in [6, 6.07) is 20.6. The predicted octanol–water partition coefficient (Wildman–Crippen LogP) is 4.08. The zero-order valence-electron chi connectivity index (χ0n) is 27.0. The van der Waals surface area contributed by atoms with Crippen LogP contribution in [0.25, 0.3) is 0 Å². The van der Waals surface area contributed by atoms with Crippen LogP contribution in [-0.2, 0) is 32.5 Å². The van der Waals surface area contributed by atoms with E-state index < -0.39 is 40.6 Å². The number of fused-ring (bicyclic) bond motifs is 1. The molecule has 0 aliphatic carbocycles. The standard InChI is InChI=1S/C35H42N4O8S/c1-23(2)19-38(48(43,44)29-12-8-27(37)9-13-29)20-33(40)31(39(35(41)42)32-22-47-34-30(32)14-15-45-34)17-24-6-10-28(11-7-24)46-21-26-5-3-4-25(16-26)18-36/h3-13,16,23,30-34,40H,14-15,17,19-22,37H2,1-2H3,(H,41,42)/t30-,31-,32+,33+,34+/m0/s1. The Hall–Kier alpha value is -4.19. The van der Waals surface area contributed by atoms with Gasteiger partial charge >= 0.3 is 6.09 Å². The molecule has 2 saturated heterocycles. The number of anilines is 1. The van der Waals surface area contributed by atoms with E-state index in [0.717, 1.165) is 11.1 Å². The Labute approximate surface area is 281 Å². The van der Waals surface area contributed by atoms with Gasteiger partial charge in [0.2, 0.25) is 10.0 Å². The molecule has 4 N–H and O–H groups in total. The average Bonchev–Trinajstić information content (AvgIpc) is 3.69. The smallest absolute Gasteiger partial charge is 0.407 e. The van der Waals surface area contributed by atoms with Crippen LogP contribution >= 0.6 is 0 Å². The number of rotatable bonds is 14. The van der Waals surface area contributed by atoms with Crippen LogP contribution in [0.5, 0.6) is 5.75 Å². The maximum Gasteiger partial charge on any atom is 0.407 e. The molecule has 48 heavy (non-hydrogen) atoms. The average molecular weight is 679 g/mol. The van der Waals surface area contributed by atoms with Gasteiger partial charge in [-0.05, 0) is 78.4 Å². The highest BCUT2D eigenvalue weighted by Crippen LogP contribution is 2.36. The Morgan fingerprint density at radius 2 is 1.79 bits per heavy atom. The summed E-state index contributed by atoms with van der Waals surface area (Å²) in [6.45, 7) is 4.32. The van der Waals surface area contributed by atoms with E-state index in [1.807, 2.05) is 19.9 Å². The molecule has 3 aromatic rings. The summed E-state index contributed by atoms with van der Waals surface area (Å²) in [5.41, 5.74) is 8.31. The molecule has 13 heteroatoms. The summed E-state index contributed by atoms with van der Waals surface area (Å²) in [7, 11) is -4.06. The number of nitrogen functional groups attached to an aromatic ring is 1. The second-order valence-electron chi connectivity index (χ2n) is 12.7. The molecule has 0 spiro atoms. The Morgan fingerprint density at radius 3 is 2.46 bits per heavy atom. The van der Waals surface area contributed by atoms with Crippen LogP contribution in [0.3, 0.4) is 0 Å². The van der Waals surface area contributed by atoms with Gasteiger partial charge in [-0.15, -0.1) is 0 Å². The van der Waals surface area contributed by atoms with Gasteiger partial charge in [-0.1, -0.05) is 38.1 Å². The van der Waals surface area contributed by atoms with E-state index in [0.29, 0.717) is 30.0 Å². The molecule has 12 nitrogen and oxygen atoms in total. The quantitative estimate of drug-likeness (QED) is 0.211. The first-order valence-corrected chi connectivity index (χ1v) is 17.4. The van der Waals surface area contributed by atoms with Crippen molar-refractivity contribution in [3.05, 3.63) is 89.5 Å². The lowest BCUT2D eigenvalue weighted by atomic mass is 9.93. The van der Waals surface area contributed by atoms with E-state index in [-0.39, 0.29) is 49.5 Å². The van der Waals surface area contributed by atoms with Crippen LogP contribution in [0, 0.1) is 23.2 Å². The van der Waals surface area contributed by atoms with Crippen molar-refractivity contribution in [3.63, 3.8) is 0 Å². The van der Waals surface area contributed by atoms with Gasteiger partial charge in [0.05, 0.1) is 47.9 Å². The number of carboxylic acid groups (broad SMARTS) is 1. The molecule has 0 saturated carbocycles. The van der Waals surface area contributed by atoms with Crippen LogP contribution in [0.4, 0.5) is 10.5 Å². The summed E-state index contributed by atoms with van der Waals surface area (Å²) in [5.74, 6) is 0.280. The highest BCUT2D eigenvalue weighted by molar-refractivity contribution is 7.89. The minimum absolute atomic E-state index is 0.0290. The second kappa shape index (κ2) is 15.4. The monoisotopic (exact) mass is 678 g/mol. The normalized spacial score (nSPS) is 20.3. The molecule has 2 fully saturated rings. The Bertz CT molecular complexity index is 1690. The number of nitrogens with zero attached hydrogens (tertiary/aromatic N) is 3. The highest BCUT2D eigenvalue weighted by Gasteiger charge is 2.49. The third-order valence-corrected chi connectivity index (χ3v) is 10.5. The van der Waals surface area contributed by atoms with Gasteiger partial charge in [0.15, 0.2) is 6.29 Å². The number of nitrogens with two attached hydrogens (primary N) is 1. The Morgan fingerprint density at radius 1 is 1.06 bits per heavy atom. The molecule has 5 atom stereocenters. The maximum atomic E-state index is 13.8. The number of sulfonamides is 1. The fourth-order valence-electron chi connectivity index (χ4n) is 6.34. The summed E-state index contributed by atoms with van der Waals surface area (Å²) in [5, 5.41) is 31.6. The molecule has 2 aliphatic rings. The van der Waals surface area contributed by atoms with Crippen LogP contribution in [0.1, 0.15) is 37.0 Å². The van der Waals surface area contributed by atoms with Crippen molar-refractivity contribution in [2.45, 2.75) is 62.7 Å². The summed E-state index contributed by atoms with van der Waals surface area (Å²) < 4.78 is 46.2. The van der Waals surface area contributed by atoms with Gasteiger partial charge in [0.25, 0.3) is 0 Å². The molecular weight excluding hydrogens is 636 g/mol. The third kappa shape index (κ3) is 8.26. The van der Waals surface area contributed by atoms with Crippen molar-refractivity contribution >= 4 is 21.8 Å². The number of ether oxygens (including phenoxy) is 3. The van der Waals surface area contributed by atoms with Gasteiger partial charge in [0.1, 0.15) is 12.4 Å². The number of carbonyl (C=O) groups is 1. The lowest BCUT2D eigenvalue weighted by molar-refractivity contribution is -0.0906. The van der Waals surface area contributed by atoms with E-state index in [9.17, 15) is 23.4 Å². The van der Waals surface area contributed by atoms with E-state index >= 15 is 0 Å². The first kappa shape index (κ1) is 35.1. The van der Waals surface area contributed by atoms with Crippen molar-refractivity contribution in [1.82, 2.24) is 9.21 Å². The number of nitriles is 1. The molecule has 256 valence electrons.